The zero-order chi connectivity index (χ0) is 22.8. The summed E-state index contributed by atoms with van der Waals surface area (Å²) in [4.78, 5) is 16.8. The van der Waals surface area contributed by atoms with Crippen molar-refractivity contribution in [3.63, 3.8) is 0 Å². The fraction of sp³-hybridized carbons (Fsp3) is 0.409. The minimum absolute atomic E-state index is 0.0160. The van der Waals surface area contributed by atoms with Gasteiger partial charge < -0.3 is 14.5 Å². The van der Waals surface area contributed by atoms with Gasteiger partial charge in [0, 0.05) is 31.9 Å². The molecule has 9 heteroatoms. The molecule has 7 nitrogen and oxygen atoms in total. The van der Waals surface area contributed by atoms with Crippen LogP contribution in [0, 0.1) is 13.8 Å². The maximum absolute atomic E-state index is 12.9. The molecule has 1 atom stereocenters. The van der Waals surface area contributed by atoms with Crippen LogP contribution in [0.5, 0.6) is 5.75 Å². The van der Waals surface area contributed by atoms with Crippen LogP contribution in [-0.2, 0) is 14.8 Å². The fourth-order valence-electron chi connectivity index (χ4n) is 3.69. The van der Waals surface area contributed by atoms with E-state index in [1.165, 1.54) is 42.1 Å². The molecule has 2 aromatic carbocycles. The Bertz CT molecular complexity index is 1070. The highest BCUT2D eigenvalue weighted by Gasteiger charge is 2.29. The number of piperazine rings is 1. The van der Waals surface area contributed by atoms with Crippen molar-refractivity contribution >= 4 is 33.2 Å². The number of halogens is 1. The topological polar surface area (TPSA) is 78.9 Å². The summed E-state index contributed by atoms with van der Waals surface area (Å²) in [7, 11) is -2.45. The van der Waals surface area contributed by atoms with E-state index in [0.717, 1.165) is 0 Å². The number of nitrogens with one attached hydrogen (secondary N) is 1. The number of carbonyl (C=O) groups is 1. The standard InChI is InChI=1S/C22H28ClN3O4S/c1-15-6-5-7-20(16(15)2)25-10-12-26(13-11-25)22(27)17(3)24-31(28,29)18-8-9-21(30-4)19(23)14-18/h5-9,14,17,24H,10-13H2,1-4H3/t17-/m0/s1. The van der Waals surface area contributed by atoms with E-state index in [-0.39, 0.29) is 15.8 Å². The van der Waals surface area contributed by atoms with Crippen molar-refractivity contribution in [1.29, 1.82) is 0 Å². The Morgan fingerprint density at radius 2 is 1.81 bits per heavy atom. The van der Waals surface area contributed by atoms with Crippen LogP contribution in [0.3, 0.4) is 0 Å². The number of anilines is 1. The lowest BCUT2D eigenvalue weighted by Crippen LogP contribution is -2.54. The maximum Gasteiger partial charge on any atom is 0.241 e. The highest BCUT2D eigenvalue weighted by molar-refractivity contribution is 7.89. The lowest BCUT2D eigenvalue weighted by molar-refractivity contribution is -0.132. The van der Waals surface area contributed by atoms with Crippen LogP contribution in [0.15, 0.2) is 41.3 Å². The quantitative estimate of drug-likeness (QED) is 0.709. The average molecular weight is 466 g/mol. The summed E-state index contributed by atoms with van der Waals surface area (Å²) >= 11 is 6.04. The van der Waals surface area contributed by atoms with Crippen LogP contribution in [0.2, 0.25) is 5.02 Å². The number of aryl methyl sites for hydroxylation is 1. The molecule has 168 valence electrons. The minimum Gasteiger partial charge on any atom is -0.495 e. The molecule has 0 spiro atoms. The van der Waals surface area contributed by atoms with Crippen molar-refractivity contribution in [3.05, 3.63) is 52.5 Å². The maximum atomic E-state index is 12.9. The largest absolute Gasteiger partial charge is 0.495 e. The van der Waals surface area contributed by atoms with Gasteiger partial charge in [0.25, 0.3) is 0 Å². The number of hydrogen-bond donors (Lipinski definition) is 1. The zero-order valence-corrected chi connectivity index (χ0v) is 19.8. The van der Waals surface area contributed by atoms with Crippen molar-refractivity contribution in [2.45, 2.75) is 31.7 Å². The molecular formula is C22H28ClN3O4S. The molecule has 1 aliphatic heterocycles. The summed E-state index contributed by atoms with van der Waals surface area (Å²) in [5.41, 5.74) is 3.65. The second-order valence-electron chi connectivity index (χ2n) is 7.67. The number of rotatable bonds is 6. The summed E-state index contributed by atoms with van der Waals surface area (Å²) in [6.45, 7) is 8.21. The van der Waals surface area contributed by atoms with Gasteiger partial charge in [0.15, 0.2) is 0 Å². The first-order valence-corrected chi connectivity index (χ1v) is 12.0. The van der Waals surface area contributed by atoms with E-state index in [4.69, 9.17) is 16.3 Å². The van der Waals surface area contributed by atoms with Gasteiger partial charge in [-0.25, -0.2) is 8.42 Å². The van der Waals surface area contributed by atoms with Gasteiger partial charge in [-0.1, -0.05) is 23.7 Å². The third-order valence-electron chi connectivity index (χ3n) is 5.64. The van der Waals surface area contributed by atoms with E-state index in [0.29, 0.717) is 31.9 Å². The summed E-state index contributed by atoms with van der Waals surface area (Å²) in [5, 5.41) is 0.187. The number of sulfonamides is 1. The van der Waals surface area contributed by atoms with Crippen LogP contribution < -0.4 is 14.4 Å². The molecule has 1 fully saturated rings. The van der Waals surface area contributed by atoms with Crippen molar-refractivity contribution in [2.75, 3.05) is 38.2 Å². The molecule has 0 radical (unpaired) electrons. The predicted octanol–water partition coefficient (Wildman–Crippen LogP) is 2.98. The molecule has 2 aromatic rings. The van der Waals surface area contributed by atoms with Gasteiger partial charge >= 0.3 is 0 Å². The number of ether oxygens (including phenoxy) is 1. The van der Waals surface area contributed by atoms with Crippen molar-refractivity contribution in [1.82, 2.24) is 9.62 Å². The van der Waals surface area contributed by atoms with Crippen LogP contribution >= 0.6 is 11.6 Å². The van der Waals surface area contributed by atoms with Gasteiger partial charge in [-0.15, -0.1) is 0 Å². The van der Waals surface area contributed by atoms with Crippen LogP contribution in [0.4, 0.5) is 5.69 Å². The molecule has 1 heterocycles. The fourth-order valence-corrected chi connectivity index (χ4v) is 5.23. The van der Waals surface area contributed by atoms with Crippen molar-refractivity contribution in [3.8, 4) is 5.75 Å². The highest BCUT2D eigenvalue weighted by atomic mass is 35.5. The second-order valence-corrected chi connectivity index (χ2v) is 9.79. The monoisotopic (exact) mass is 465 g/mol. The lowest BCUT2D eigenvalue weighted by Gasteiger charge is -2.38. The first-order valence-electron chi connectivity index (χ1n) is 10.1. The predicted molar refractivity (Wildman–Crippen MR) is 122 cm³/mol. The third kappa shape index (κ3) is 5.14. The van der Waals surface area contributed by atoms with Gasteiger partial charge in [0.2, 0.25) is 15.9 Å². The Labute approximate surface area is 189 Å². The summed E-state index contributed by atoms with van der Waals surface area (Å²) in [6, 6.07) is 9.51. The minimum atomic E-state index is -3.90. The molecule has 1 aliphatic rings. The molecule has 0 bridgehead atoms. The van der Waals surface area contributed by atoms with E-state index in [9.17, 15) is 13.2 Å². The molecule has 0 aliphatic carbocycles. The van der Waals surface area contributed by atoms with Crippen molar-refractivity contribution < 1.29 is 17.9 Å². The highest BCUT2D eigenvalue weighted by Crippen LogP contribution is 2.27. The molecule has 31 heavy (non-hydrogen) atoms. The van der Waals surface area contributed by atoms with E-state index in [2.05, 4.69) is 35.6 Å². The average Bonchev–Trinajstić information content (AvgIpc) is 2.75. The van der Waals surface area contributed by atoms with Crippen LogP contribution in [0.25, 0.3) is 0 Å². The van der Waals surface area contributed by atoms with E-state index >= 15 is 0 Å². The van der Waals surface area contributed by atoms with E-state index < -0.39 is 16.1 Å². The smallest absolute Gasteiger partial charge is 0.241 e. The number of hydrogen-bond acceptors (Lipinski definition) is 5. The lowest BCUT2D eigenvalue weighted by atomic mass is 10.1. The van der Waals surface area contributed by atoms with E-state index in [1.807, 2.05) is 6.07 Å². The van der Waals surface area contributed by atoms with Crippen LogP contribution in [-0.4, -0.2) is 58.6 Å². The first-order chi connectivity index (χ1) is 14.6. The molecule has 3 rings (SSSR count). The Kier molecular flexibility index (Phi) is 7.13. The van der Waals surface area contributed by atoms with Gasteiger partial charge in [0.05, 0.1) is 23.1 Å². The normalized spacial score (nSPS) is 15.6. The number of carbonyl (C=O) groups excluding carboxylic acids is 1. The molecular weight excluding hydrogens is 438 g/mol. The summed E-state index contributed by atoms with van der Waals surface area (Å²) in [5.74, 6) is 0.134. The third-order valence-corrected chi connectivity index (χ3v) is 7.48. The van der Waals surface area contributed by atoms with Crippen LogP contribution in [0.1, 0.15) is 18.1 Å². The van der Waals surface area contributed by atoms with Gasteiger partial charge in [0.1, 0.15) is 5.75 Å². The molecule has 1 N–H and O–H groups in total. The number of methoxy groups -OCH3 is 1. The zero-order valence-electron chi connectivity index (χ0n) is 18.2. The number of benzene rings is 2. The van der Waals surface area contributed by atoms with Crippen molar-refractivity contribution in [2.24, 2.45) is 0 Å². The van der Waals surface area contributed by atoms with E-state index in [1.54, 1.807) is 11.8 Å². The molecule has 0 aromatic heterocycles. The SMILES string of the molecule is COc1ccc(S(=O)(=O)N[C@@H](C)C(=O)N2CCN(c3cccc(C)c3C)CC2)cc1Cl. The first kappa shape index (κ1) is 23.4. The number of nitrogens with zero attached hydrogens (tertiary/aromatic N) is 2. The Balaban J connectivity index is 1.63. The molecule has 1 saturated heterocycles. The Hall–Kier alpha value is -2.29. The van der Waals surface area contributed by atoms with Gasteiger partial charge in [-0.3, -0.25) is 4.79 Å². The molecule has 0 saturated carbocycles. The number of amides is 1. The van der Waals surface area contributed by atoms with Gasteiger partial charge in [-0.05, 0) is 56.2 Å². The Morgan fingerprint density at radius 3 is 2.42 bits per heavy atom. The molecule has 0 unspecified atom stereocenters. The second kappa shape index (κ2) is 9.46. The summed E-state index contributed by atoms with van der Waals surface area (Å²) < 4.78 is 32.9. The summed E-state index contributed by atoms with van der Waals surface area (Å²) in [6.07, 6.45) is 0. The Morgan fingerprint density at radius 1 is 1.13 bits per heavy atom. The molecule has 1 amide bonds. The van der Waals surface area contributed by atoms with Gasteiger partial charge in [-0.2, -0.15) is 4.72 Å².